The van der Waals surface area contributed by atoms with Gasteiger partial charge in [-0.2, -0.15) is 0 Å². The minimum atomic E-state index is 0.343. The van der Waals surface area contributed by atoms with Crippen molar-refractivity contribution in [2.24, 2.45) is 11.7 Å². The van der Waals surface area contributed by atoms with Gasteiger partial charge in [0.1, 0.15) is 0 Å². The molecule has 0 unspecified atom stereocenters. The molecule has 0 aromatic carbocycles. The fraction of sp³-hybridized carbons (Fsp3) is 1.00. The number of nitrogens with two attached hydrogens (primary N) is 1. The van der Waals surface area contributed by atoms with Gasteiger partial charge < -0.3 is 5.73 Å². The average molecular weight is 180 g/mol. The molecule has 0 saturated heterocycles. The summed E-state index contributed by atoms with van der Waals surface area (Å²) in [7, 11) is 0. The molecule has 2 heteroatoms. The molecule has 0 aromatic rings. The molecule has 0 amide bonds. The minimum Gasteiger partial charge on any atom is -0.327 e. The topological polar surface area (TPSA) is 26.0 Å². The molecule has 0 aliphatic rings. The van der Waals surface area contributed by atoms with Gasteiger partial charge in [-0.3, -0.25) is 0 Å². The quantitative estimate of drug-likeness (QED) is 0.658. The van der Waals surface area contributed by atoms with Crippen LogP contribution in [0.25, 0.3) is 0 Å². The van der Waals surface area contributed by atoms with Crippen LogP contribution >= 0.6 is 15.9 Å². The normalized spacial score (nSPS) is 14.6. The van der Waals surface area contributed by atoms with Gasteiger partial charge in [-0.15, -0.1) is 0 Å². The van der Waals surface area contributed by atoms with E-state index in [1.807, 2.05) is 0 Å². The van der Waals surface area contributed by atoms with Gasteiger partial charge in [-0.1, -0.05) is 29.8 Å². The smallest absolute Gasteiger partial charge is 0.0183 e. The molecule has 0 aromatic heterocycles. The molecule has 1 nitrogen and oxygen atoms in total. The first-order chi connectivity index (χ1) is 3.66. The van der Waals surface area contributed by atoms with Gasteiger partial charge in [0.2, 0.25) is 0 Å². The van der Waals surface area contributed by atoms with E-state index in [0.717, 1.165) is 17.7 Å². The van der Waals surface area contributed by atoms with E-state index < -0.39 is 0 Å². The number of alkyl halides is 1. The van der Waals surface area contributed by atoms with Crippen LogP contribution in [-0.2, 0) is 0 Å². The van der Waals surface area contributed by atoms with Crippen LogP contribution < -0.4 is 5.73 Å². The number of hydrogen-bond donors (Lipinski definition) is 1. The van der Waals surface area contributed by atoms with Crippen molar-refractivity contribution in [2.45, 2.75) is 26.3 Å². The van der Waals surface area contributed by atoms with Crippen molar-refractivity contribution >= 4 is 15.9 Å². The molecule has 0 radical (unpaired) electrons. The number of hydrogen-bond acceptors (Lipinski definition) is 1. The molecule has 0 aliphatic carbocycles. The molecule has 50 valence electrons. The number of rotatable bonds is 3. The summed E-state index contributed by atoms with van der Waals surface area (Å²) in [6.45, 7) is 4.37. The fourth-order valence-electron chi connectivity index (χ4n) is 0.668. The number of halogens is 1. The van der Waals surface area contributed by atoms with Crippen molar-refractivity contribution in [3.05, 3.63) is 0 Å². The van der Waals surface area contributed by atoms with Crippen molar-refractivity contribution in [2.75, 3.05) is 5.33 Å². The second-order valence-electron chi connectivity index (χ2n) is 2.54. The van der Waals surface area contributed by atoms with Crippen LogP contribution in [0.2, 0.25) is 0 Å². The zero-order valence-corrected chi connectivity index (χ0v) is 7.11. The highest BCUT2D eigenvalue weighted by molar-refractivity contribution is 9.09. The molecular weight excluding hydrogens is 166 g/mol. The Morgan fingerprint density at radius 2 is 2.00 bits per heavy atom. The molecule has 0 saturated carbocycles. The molecular formula is C6H14BrN. The summed E-state index contributed by atoms with van der Waals surface area (Å²) < 4.78 is 0. The lowest BCUT2D eigenvalue weighted by atomic mass is 10.1. The maximum atomic E-state index is 5.63. The maximum Gasteiger partial charge on any atom is 0.0183 e. The van der Waals surface area contributed by atoms with Crippen molar-refractivity contribution in [1.82, 2.24) is 0 Å². The molecule has 0 spiro atoms. The predicted octanol–water partition coefficient (Wildman–Crippen LogP) is 1.75. The largest absolute Gasteiger partial charge is 0.327 e. The van der Waals surface area contributed by atoms with Crippen molar-refractivity contribution in [1.29, 1.82) is 0 Å². The van der Waals surface area contributed by atoms with Crippen LogP contribution in [0.5, 0.6) is 0 Å². The van der Waals surface area contributed by atoms with Gasteiger partial charge in [0.25, 0.3) is 0 Å². The predicted molar refractivity (Wildman–Crippen MR) is 41.2 cm³/mol. The molecule has 0 heterocycles. The first kappa shape index (κ1) is 8.44. The van der Waals surface area contributed by atoms with E-state index in [0.29, 0.717) is 6.04 Å². The summed E-state index contributed by atoms with van der Waals surface area (Å²) in [6.07, 6.45) is 1.12. The third-order valence-corrected chi connectivity index (χ3v) is 1.80. The van der Waals surface area contributed by atoms with Gasteiger partial charge >= 0.3 is 0 Å². The van der Waals surface area contributed by atoms with Gasteiger partial charge in [-0.25, -0.2) is 0 Å². The van der Waals surface area contributed by atoms with Gasteiger partial charge in [0.15, 0.2) is 0 Å². The van der Waals surface area contributed by atoms with E-state index in [9.17, 15) is 0 Å². The van der Waals surface area contributed by atoms with Crippen LogP contribution in [-0.4, -0.2) is 11.4 Å². The van der Waals surface area contributed by atoms with E-state index in [-0.39, 0.29) is 0 Å². The summed E-state index contributed by atoms with van der Waals surface area (Å²) in [5.74, 6) is 0.725. The lowest BCUT2D eigenvalue weighted by Gasteiger charge is -2.09. The summed E-state index contributed by atoms with van der Waals surface area (Å²) in [6, 6.07) is 0.343. The maximum absolute atomic E-state index is 5.63. The lowest BCUT2D eigenvalue weighted by Crippen LogP contribution is -2.23. The van der Waals surface area contributed by atoms with Crippen LogP contribution in [0.1, 0.15) is 20.3 Å². The van der Waals surface area contributed by atoms with E-state index >= 15 is 0 Å². The summed E-state index contributed by atoms with van der Waals surface area (Å²) >= 11 is 3.32. The molecule has 0 rings (SSSR count). The van der Waals surface area contributed by atoms with Crippen LogP contribution in [0.15, 0.2) is 0 Å². The fourth-order valence-corrected chi connectivity index (χ4v) is 0.933. The standard InChI is InChI=1S/C6H14BrN/c1-5(2)3-6(8)4-7/h5-6H,3-4,8H2,1-2H3/t6-/m1/s1. The molecule has 0 fully saturated rings. The molecule has 0 aliphatic heterocycles. The van der Waals surface area contributed by atoms with Crippen molar-refractivity contribution in [3.63, 3.8) is 0 Å². The zero-order valence-electron chi connectivity index (χ0n) is 5.52. The highest BCUT2D eigenvalue weighted by Crippen LogP contribution is 2.03. The molecule has 1 atom stereocenters. The van der Waals surface area contributed by atoms with E-state index in [4.69, 9.17) is 5.73 Å². The van der Waals surface area contributed by atoms with Crippen LogP contribution in [0.3, 0.4) is 0 Å². The molecule has 2 N–H and O–H groups in total. The second kappa shape index (κ2) is 4.33. The Balaban J connectivity index is 3.10. The average Bonchev–Trinajstić information content (AvgIpc) is 1.65. The van der Waals surface area contributed by atoms with Gasteiger partial charge in [0, 0.05) is 11.4 Å². The Morgan fingerprint density at radius 1 is 1.50 bits per heavy atom. The van der Waals surface area contributed by atoms with Crippen LogP contribution in [0, 0.1) is 5.92 Å². The highest BCUT2D eigenvalue weighted by atomic mass is 79.9. The summed E-state index contributed by atoms with van der Waals surface area (Å²) in [5.41, 5.74) is 5.63. The Bertz CT molecular complexity index is 54.5. The Labute approximate surface area is 59.8 Å². The highest BCUT2D eigenvalue weighted by Gasteiger charge is 2.01. The monoisotopic (exact) mass is 179 g/mol. The van der Waals surface area contributed by atoms with Gasteiger partial charge in [0.05, 0.1) is 0 Å². The third kappa shape index (κ3) is 4.60. The second-order valence-corrected chi connectivity index (χ2v) is 3.19. The van der Waals surface area contributed by atoms with Crippen molar-refractivity contribution in [3.8, 4) is 0 Å². The summed E-state index contributed by atoms with van der Waals surface area (Å²) in [4.78, 5) is 0. The van der Waals surface area contributed by atoms with E-state index in [2.05, 4.69) is 29.8 Å². The van der Waals surface area contributed by atoms with Crippen molar-refractivity contribution < 1.29 is 0 Å². The lowest BCUT2D eigenvalue weighted by molar-refractivity contribution is 0.526. The third-order valence-electron chi connectivity index (χ3n) is 0.972. The Morgan fingerprint density at radius 3 is 2.12 bits per heavy atom. The first-order valence-electron chi connectivity index (χ1n) is 2.98. The van der Waals surface area contributed by atoms with E-state index in [1.165, 1.54) is 0 Å². The SMILES string of the molecule is CC(C)C[C@@H](N)CBr. The Hall–Kier alpha value is 0.440. The Kier molecular flexibility index (Phi) is 4.57. The van der Waals surface area contributed by atoms with E-state index in [1.54, 1.807) is 0 Å². The first-order valence-corrected chi connectivity index (χ1v) is 4.10. The zero-order chi connectivity index (χ0) is 6.57. The molecule has 8 heavy (non-hydrogen) atoms. The summed E-state index contributed by atoms with van der Waals surface area (Å²) in [5, 5.41) is 0.922. The molecule has 0 bridgehead atoms. The van der Waals surface area contributed by atoms with Gasteiger partial charge in [-0.05, 0) is 12.3 Å². The minimum absolute atomic E-state index is 0.343. The van der Waals surface area contributed by atoms with Crippen LogP contribution in [0.4, 0.5) is 0 Å².